The lowest BCUT2D eigenvalue weighted by atomic mass is 10.1. The lowest BCUT2D eigenvalue weighted by Crippen LogP contribution is -2.46. The van der Waals surface area contributed by atoms with Gasteiger partial charge in [-0.05, 0) is 25.5 Å². The van der Waals surface area contributed by atoms with Gasteiger partial charge >= 0.3 is 0 Å². The van der Waals surface area contributed by atoms with Gasteiger partial charge in [-0.2, -0.15) is 0 Å². The summed E-state index contributed by atoms with van der Waals surface area (Å²) >= 11 is 6.41. The number of amides is 1. The van der Waals surface area contributed by atoms with Gasteiger partial charge in [0.25, 0.3) is 0 Å². The first-order chi connectivity index (χ1) is 13.6. The van der Waals surface area contributed by atoms with E-state index < -0.39 is 0 Å². The van der Waals surface area contributed by atoms with Crippen molar-refractivity contribution in [2.45, 2.75) is 18.9 Å². The predicted molar refractivity (Wildman–Crippen MR) is 111 cm³/mol. The van der Waals surface area contributed by atoms with E-state index in [1.165, 1.54) is 0 Å². The standard InChI is InChI=1S/C20H23ClN6O/c1-22-18(28)12-27-8-4-5-13(11-27)25-20-24-10-16(21)19(26-20)15-9-23-17-7-3-2-6-14(15)17/h2-3,6-7,9-10,13,23H,4-5,8,11-12H2,1H3,(H,22,28)(H,24,25,26)/t13-/m0/s1. The maximum Gasteiger partial charge on any atom is 0.233 e. The molecule has 4 rings (SSSR count). The molecule has 0 bridgehead atoms. The monoisotopic (exact) mass is 398 g/mol. The number of carbonyl (C=O) groups is 1. The summed E-state index contributed by atoms with van der Waals surface area (Å²) < 4.78 is 0. The van der Waals surface area contributed by atoms with Crippen molar-refractivity contribution in [1.29, 1.82) is 0 Å². The molecule has 0 radical (unpaired) electrons. The first-order valence-electron chi connectivity index (χ1n) is 9.42. The first kappa shape index (κ1) is 18.7. The van der Waals surface area contributed by atoms with Gasteiger partial charge in [-0.15, -0.1) is 0 Å². The molecule has 2 aromatic heterocycles. The first-order valence-corrected chi connectivity index (χ1v) is 9.80. The molecule has 3 N–H and O–H groups in total. The van der Waals surface area contributed by atoms with E-state index in [-0.39, 0.29) is 11.9 Å². The minimum Gasteiger partial charge on any atom is -0.360 e. The van der Waals surface area contributed by atoms with Crippen LogP contribution in [0.1, 0.15) is 12.8 Å². The summed E-state index contributed by atoms with van der Waals surface area (Å²) in [6.45, 7) is 2.12. The summed E-state index contributed by atoms with van der Waals surface area (Å²) in [5.74, 6) is 0.585. The van der Waals surface area contributed by atoms with Gasteiger partial charge in [0.1, 0.15) is 0 Å². The normalized spacial score (nSPS) is 17.6. The number of anilines is 1. The molecule has 1 aliphatic heterocycles. The van der Waals surface area contributed by atoms with Gasteiger partial charge in [-0.1, -0.05) is 29.8 Å². The molecule has 1 atom stereocenters. The van der Waals surface area contributed by atoms with E-state index in [4.69, 9.17) is 11.6 Å². The number of nitrogens with zero attached hydrogens (tertiary/aromatic N) is 3. The molecule has 1 fully saturated rings. The predicted octanol–water partition coefficient (Wildman–Crippen LogP) is 2.90. The topological polar surface area (TPSA) is 85.9 Å². The fraction of sp³-hybridized carbons (Fsp3) is 0.350. The molecule has 146 valence electrons. The molecule has 0 aliphatic carbocycles. The number of para-hydroxylation sites is 1. The molecule has 3 aromatic rings. The Morgan fingerprint density at radius 1 is 1.39 bits per heavy atom. The van der Waals surface area contributed by atoms with E-state index in [2.05, 4.69) is 30.5 Å². The number of likely N-dealkylation sites (tertiary alicyclic amines) is 1. The molecule has 0 spiro atoms. The summed E-state index contributed by atoms with van der Waals surface area (Å²) in [6, 6.07) is 8.25. The van der Waals surface area contributed by atoms with Crippen LogP contribution in [0.3, 0.4) is 0 Å². The Balaban J connectivity index is 1.53. The van der Waals surface area contributed by atoms with Crippen LogP contribution in [0, 0.1) is 0 Å². The van der Waals surface area contributed by atoms with E-state index >= 15 is 0 Å². The summed E-state index contributed by atoms with van der Waals surface area (Å²) in [5.41, 5.74) is 2.70. The third-order valence-electron chi connectivity index (χ3n) is 5.07. The number of likely N-dealkylation sites (N-methyl/N-ethyl adjacent to an activating group) is 1. The highest BCUT2D eigenvalue weighted by atomic mass is 35.5. The van der Waals surface area contributed by atoms with E-state index in [9.17, 15) is 4.79 Å². The van der Waals surface area contributed by atoms with Crippen LogP contribution in [-0.2, 0) is 4.79 Å². The van der Waals surface area contributed by atoms with Crippen LogP contribution >= 0.6 is 11.6 Å². The van der Waals surface area contributed by atoms with E-state index in [0.29, 0.717) is 23.2 Å². The number of benzene rings is 1. The number of nitrogens with one attached hydrogen (secondary N) is 3. The van der Waals surface area contributed by atoms with Crippen molar-refractivity contribution in [3.05, 3.63) is 41.7 Å². The summed E-state index contributed by atoms with van der Waals surface area (Å²) in [4.78, 5) is 26.1. The van der Waals surface area contributed by atoms with Crippen LogP contribution in [0.4, 0.5) is 5.95 Å². The lowest BCUT2D eigenvalue weighted by molar-refractivity contribution is -0.122. The van der Waals surface area contributed by atoms with Crippen molar-refractivity contribution in [2.24, 2.45) is 0 Å². The Labute approximate surface area is 168 Å². The molecule has 3 heterocycles. The smallest absolute Gasteiger partial charge is 0.233 e. The Hall–Kier alpha value is -2.64. The minimum absolute atomic E-state index is 0.0324. The SMILES string of the molecule is CNC(=O)CN1CCC[C@H](Nc2ncc(Cl)c(-c3c[nH]c4ccccc34)n2)C1. The van der Waals surface area contributed by atoms with Gasteiger partial charge < -0.3 is 15.6 Å². The van der Waals surface area contributed by atoms with E-state index in [1.54, 1.807) is 13.2 Å². The molecular weight excluding hydrogens is 376 g/mol. The van der Waals surface area contributed by atoms with Crippen LogP contribution in [-0.4, -0.2) is 58.5 Å². The number of aromatic nitrogens is 3. The van der Waals surface area contributed by atoms with Crippen molar-refractivity contribution in [3.8, 4) is 11.3 Å². The summed E-state index contributed by atoms with van der Waals surface area (Å²) in [5, 5.41) is 7.68. The maximum atomic E-state index is 11.7. The van der Waals surface area contributed by atoms with Crippen LogP contribution < -0.4 is 10.6 Å². The quantitative estimate of drug-likeness (QED) is 0.615. The third kappa shape index (κ3) is 3.95. The zero-order valence-electron chi connectivity index (χ0n) is 15.7. The Bertz CT molecular complexity index is 988. The highest BCUT2D eigenvalue weighted by molar-refractivity contribution is 6.33. The van der Waals surface area contributed by atoms with Crippen LogP contribution in [0.25, 0.3) is 22.2 Å². The van der Waals surface area contributed by atoms with Crippen molar-refractivity contribution in [1.82, 2.24) is 25.2 Å². The fourth-order valence-corrected chi connectivity index (χ4v) is 3.87. The zero-order chi connectivity index (χ0) is 19.5. The molecule has 0 saturated carbocycles. The lowest BCUT2D eigenvalue weighted by Gasteiger charge is -2.32. The van der Waals surface area contributed by atoms with Crippen LogP contribution in [0.15, 0.2) is 36.7 Å². The van der Waals surface area contributed by atoms with Gasteiger partial charge in [0.05, 0.1) is 23.5 Å². The van der Waals surface area contributed by atoms with Crippen LogP contribution in [0.5, 0.6) is 0 Å². The van der Waals surface area contributed by atoms with Crippen molar-refractivity contribution >= 4 is 34.4 Å². The number of fused-ring (bicyclic) bond motifs is 1. The molecule has 1 aromatic carbocycles. The number of rotatable bonds is 5. The van der Waals surface area contributed by atoms with Crippen molar-refractivity contribution < 1.29 is 4.79 Å². The highest BCUT2D eigenvalue weighted by Gasteiger charge is 2.22. The molecule has 1 amide bonds. The number of hydrogen-bond acceptors (Lipinski definition) is 5. The van der Waals surface area contributed by atoms with E-state index in [1.807, 2.05) is 30.5 Å². The number of aromatic amines is 1. The van der Waals surface area contributed by atoms with Gasteiger partial charge in [0.2, 0.25) is 11.9 Å². The third-order valence-corrected chi connectivity index (χ3v) is 5.35. The average Bonchev–Trinajstić information content (AvgIpc) is 3.13. The fourth-order valence-electron chi connectivity index (χ4n) is 3.67. The molecule has 0 unspecified atom stereocenters. The summed E-state index contributed by atoms with van der Waals surface area (Å²) in [6.07, 6.45) is 5.60. The highest BCUT2D eigenvalue weighted by Crippen LogP contribution is 2.32. The number of carbonyl (C=O) groups excluding carboxylic acids is 1. The minimum atomic E-state index is 0.0324. The van der Waals surface area contributed by atoms with Crippen LogP contribution in [0.2, 0.25) is 5.02 Å². The molecular formula is C20H23ClN6O. The Kier molecular flexibility index (Phi) is 5.45. The van der Waals surface area contributed by atoms with Gasteiger partial charge in [0.15, 0.2) is 0 Å². The number of piperidine rings is 1. The zero-order valence-corrected chi connectivity index (χ0v) is 16.5. The second-order valence-electron chi connectivity index (χ2n) is 7.03. The Morgan fingerprint density at radius 3 is 3.11 bits per heavy atom. The Morgan fingerprint density at radius 2 is 2.25 bits per heavy atom. The van der Waals surface area contributed by atoms with Gasteiger partial charge in [0, 0.05) is 42.3 Å². The van der Waals surface area contributed by atoms with Crippen molar-refractivity contribution in [3.63, 3.8) is 0 Å². The van der Waals surface area contributed by atoms with Gasteiger partial charge in [-0.3, -0.25) is 9.69 Å². The maximum absolute atomic E-state index is 11.7. The second kappa shape index (κ2) is 8.16. The molecule has 7 nitrogen and oxygen atoms in total. The molecule has 1 aliphatic rings. The molecule has 1 saturated heterocycles. The number of hydrogen-bond donors (Lipinski definition) is 3. The number of H-pyrrole nitrogens is 1. The largest absolute Gasteiger partial charge is 0.360 e. The van der Waals surface area contributed by atoms with E-state index in [0.717, 1.165) is 42.4 Å². The second-order valence-corrected chi connectivity index (χ2v) is 7.44. The van der Waals surface area contributed by atoms with Crippen molar-refractivity contribution in [2.75, 3.05) is 32.0 Å². The van der Waals surface area contributed by atoms with Gasteiger partial charge in [-0.25, -0.2) is 9.97 Å². The average molecular weight is 399 g/mol. The molecule has 8 heteroatoms. The molecule has 28 heavy (non-hydrogen) atoms. The number of halogens is 1. The summed E-state index contributed by atoms with van der Waals surface area (Å²) in [7, 11) is 1.66.